The van der Waals surface area contributed by atoms with Crippen LogP contribution in [0.2, 0.25) is 0 Å². The summed E-state index contributed by atoms with van der Waals surface area (Å²) in [6.07, 6.45) is 2.27. The molecule has 2 heterocycles. The highest BCUT2D eigenvalue weighted by molar-refractivity contribution is 9.10. The minimum atomic E-state index is 0.134. The number of amides is 1. The summed E-state index contributed by atoms with van der Waals surface area (Å²) in [7, 11) is 0. The Morgan fingerprint density at radius 1 is 1.60 bits per heavy atom. The van der Waals surface area contributed by atoms with Gasteiger partial charge in [0, 0.05) is 28.5 Å². The van der Waals surface area contributed by atoms with Crippen LogP contribution in [0.1, 0.15) is 12.0 Å². The van der Waals surface area contributed by atoms with E-state index in [1.807, 2.05) is 13.0 Å². The zero-order valence-electron chi connectivity index (χ0n) is 8.20. The number of nitrogens with zero attached hydrogens (tertiary/aromatic N) is 2. The SMILES string of the molecule is Cc1cc(Br)cnc1N1CC(Br)CC1=O. The predicted octanol–water partition coefficient (Wildman–Crippen LogP) is 2.65. The maximum Gasteiger partial charge on any atom is 0.229 e. The Balaban J connectivity index is 2.34. The lowest BCUT2D eigenvalue weighted by Gasteiger charge is -2.16. The number of aromatic nitrogens is 1. The molecule has 80 valence electrons. The van der Waals surface area contributed by atoms with Crippen molar-refractivity contribution < 1.29 is 4.79 Å². The van der Waals surface area contributed by atoms with Crippen LogP contribution in [0.4, 0.5) is 5.82 Å². The van der Waals surface area contributed by atoms with Crippen molar-refractivity contribution in [2.24, 2.45) is 0 Å². The van der Waals surface area contributed by atoms with Crippen molar-refractivity contribution in [3.05, 3.63) is 22.3 Å². The van der Waals surface area contributed by atoms with Gasteiger partial charge in [0.1, 0.15) is 5.82 Å². The summed E-state index contributed by atoms with van der Waals surface area (Å²) in [4.78, 5) is 17.9. The highest BCUT2D eigenvalue weighted by Crippen LogP contribution is 2.27. The number of pyridine rings is 1. The lowest BCUT2D eigenvalue weighted by atomic mass is 10.3. The quantitative estimate of drug-likeness (QED) is 0.740. The first kappa shape index (κ1) is 11.1. The second kappa shape index (κ2) is 4.22. The smallest absolute Gasteiger partial charge is 0.229 e. The Morgan fingerprint density at radius 2 is 2.33 bits per heavy atom. The van der Waals surface area contributed by atoms with Crippen LogP contribution in [0.25, 0.3) is 0 Å². The zero-order valence-corrected chi connectivity index (χ0v) is 11.4. The maximum absolute atomic E-state index is 11.7. The molecule has 3 nitrogen and oxygen atoms in total. The molecule has 1 amide bonds. The van der Waals surface area contributed by atoms with Gasteiger partial charge in [-0.3, -0.25) is 9.69 Å². The second-order valence-electron chi connectivity index (χ2n) is 3.60. The number of hydrogen-bond acceptors (Lipinski definition) is 2. The number of alkyl halides is 1. The van der Waals surface area contributed by atoms with Crippen molar-refractivity contribution in [1.29, 1.82) is 0 Å². The summed E-state index contributed by atoms with van der Waals surface area (Å²) in [5.41, 5.74) is 1.01. The van der Waals surface area contributed by atoms with E-state index < -0.39 is 0 Å². The molecular formula is C10H10Br2N2O. The molecule has 15 heavy (non-hydrogen) atoms. The van der Waals surface area contributed by atoms with Crippen molar-refractivity contribution in [2.45, 2.75) is 18.2 Å². The minimum absolute atomic E-state index is 0.134. The predicted molar refractivity (Wildman–Crippen MR) is 66.4 cm³/mol. The Labute approximate surface area is 105 Å². The van der Waals surface area contributed by atoms with Gasteiger partial charge in [-0.1, -0.05) is 15.9 Å². The lowest BCUT2D eigenvalue weighted by molar-refractivity contribution is -0.117. The van der Waals surface area contributed by atoms with E-state index in [9.17, 15) is 4.79 Å². The van der Waals surface area contributed by atoms with E-state index in [0.717, 1.165) is 15.9 Å². The molecule has 0 bridgehead atoms. The fourth-order valence-electron chi connectivity index (χ4n) is 1.68. The number of carbonyl (C=O) groups excluding carboxylic acids is 1. The first-order chi connectivity index (χ1) is 7.08. The molecule has 1 unspecified atom stereocenters. The average molecular weight is 334 g/mol. The second-order valence-corrected chi connectivity index (χ2v) is 5.81. The summed E-state index contributed by atoms with van der Waals surface area (Å²) in [5, 5.41) is 0. The molecule has 1 aromatic heterocycles. The van der Waals surface area contributed by atoms with E-state index in [2.05, 4.69) is 36.8 Å². The summed E-state index contributed by atoms with van der Waals surface area (Å²) in [6.45, 7) is 2.66. The van der Waals surface area contributed by atoms with Crippen LogP contribution in [0.3, 0.4) is 0 Å². The molecule has 0 saturated carbocycles. The fourth-order valence-corrected chi connectivity index (χ4v) is 2.70. The van der Waals surface area contributed by atoms with Crippen LogP contribution in [-0.4, -0.2) is 22.3 Å². The van der Waals surface area contributed by atoms with E-state index in [1.54, 1.807) is 11.1 Å². The molecule has 0 spiro atoms. The monoisotopic (exact) mass is 332 g/mol. The molecule has 1 aromatic rings. The normalized spacial score (nSPS) is 21.1. The molecule has 0 radical (unpaired) electrons. The summed E-state index contributed by atoms with van der Waals surface area (Å²) in [6, 6.07) is 1.97. The third-order valence-corrected chi connectivity index (χ3v) is 3.40. The van der Waals surface area contributed by atoms with E-state index in [-0.39, 0.29) is 10.7 Å². The number of halogens is 2. The van der Waals surface area contributed by atoms with E-state index >= 15 is 0 Å². The number of aryl methyl sites for hydroxylation is 1. The van der Waals surface area contributed by atoms with Gasteiger partial charge in [-0.25, -0.2) is 4.98 Å². The number of hydrogen-bond donors (Lipinski definition) is 0. The highest BCUT2D eigenvalue weighted by atomic mass is 79.9. The molecule has 1 aliphatic rings. The van der Waals surface area contributed by atoms with Gasteiger partial charge in [0.05, 0.1) is 0 Å². The molecule has 1 aliphatic heterocycles. The van der Waals surface area contributed by atoms with Crippen LogP contribution in [0, 0.1) is 6.92 Å². The van der Waals surface area contributed by atoms with Crippen molar-refractivity contribution in [3.8, 4) is 0 Å². The number of anilines is 1. The van der Waals surface area contributed by atoms with Crippen LogP contribution in [-0.2, 0) is 4.79 Å². The molecule has 0 N–H and O–H groups in total. The largest absolute Gasteiger partial charge is 0.295 e. The molecule has 1 atom stereocenters. The van der Waals surface area contributed by atoms with Gasteiger partial charge in [0.2, 0.25) is 5.91 Å². The number of rotatable bonds is 1. The van der Waals surface area contributed by atoms with Crippen LogP contribution in [0.5, 0.6) is 0 Å². The topological polar surface area (TPSA) is 33.2 Å². The zero-order chi connectivity index (χ0) is 11.0. The molecule has 5 heteroatoms. The van der Waals surface area contributed by atoms with Gasteiger partial charge < -0.3 is 0 Å². The van der Waals surface area contributed by atoms with Crippen LogP contribution < -0.4 is 4.90 Å². The third kappa shape index (κ3) is 2.23. The van der Waals surface area contributed by atoms with E-state index in [0.29, 0.717) is 13.0 Å². The molecule has 0 aromatic carbocycles. The van der Waals surface area contributed by atoms with Gasteiger partial charge >= 0.3 is 0 Å². The third-order valence-electron chi connectivity index (χ3n) is 2.35. The lowest BCUT2D eigenvalue weighted by Crippen LogP contribution is -2.26. The van der Waals surface area contributed by atoms with Crippen LogP contribution >= 0.6 is 31.9 Å². The molecule has 2 rings (SSSR count). The number of carbonyl (C=O) groups is 1. The van der Waals surface area contributed by atoms with Crippen molar-refractivity contribution in [2.75, 3.05) is 11.4 Å². The Kier molecular flexibility index (Phi) is 3.11. The van der Waals surface area contributed by atoms with Gasteiger partial charge in [-0.2, -0.15) is 0 Å². The van der Waals surface area contributed by atoms with Crippen molar-refractivity contribution in [1.82, 2.24) is 4.98 Å². The highest BCUT2D eigenvalue weighted by Gasteiger charge is 2.30. The molecule has 1 fully saturated rings. The molecular weight excluding hydrogens is 324 g/mol. The standard InChI is InChI=1S/C10H10Br2N2O/c1-6-2-7(11)4-13-10(6)14-5-8(12)3-9(14)15/h2,4,8H,3,5H2,1H3. The average Bonchev–Trinajstić information content (AvgIpc) is 2.45. The van der Waals surface area contributed by atoms with Gasteiger partial charge in [0.25, 0.3) is 0 Å². The first-order valence-corrected chi connectivity index (χ1v) is 6.35. The summed E-state index contributed by atoms with van der Waals surface area (Å²) < 4.78 is 0.936. The minimum Gasteiger partial charge on any atom is -0.295 e. The Morgan fingerprint density at radius 3 is 2.87 bits per heavy atom. The van der Waals surface area contributed by atoms with E-state index in [4.69, 9.17) is 0 Å². The fraction of sp³-hybridized carbons (Fsp3) is 0.400. The van der Waals surface area contributed by atoms with Gasteiger partial charge in [-0.05, 0) is 34.5 Å². The Bertz CT molecular complexity index is 408. The van der Waals surface area contributed by atoms with Crippen molar-refractivity contribution in [3.63, 3.8) is 0 Å². The van der Waals surface area contributed by atoms with Crippen LogP contribution in [0.15, 0.2) is 16.7 Å². The van der Waals surface area contributed by atoms with E-state index in [1.165, 1.54) is 0 Å². The maximum atomic E-state index is 11.7. The summed E-state index contributed by atoms with van der Waals surface area (Å²) >= 11 is 6.81. The Hall–Kier alpha value is -0.420. The van der Waals surface area contributed by atoms with Gasteiger partial charge in [0.15, 0.2) is 0 Å². The van der Waals surface area contributed by atoms with Crippen molar-refractivity contribution >= 4 is 43.6 Å². The van der Waals surface area contributed by atoms with Gasteiger partial charge in [-0.15, -0.1) is 0 Å². The molecule has 1 saturated heterocycles. The first-order valence-electron chi connectivity index (χ1n) is 4.64. The summed E-state index contributed by atoms with van der Waals surface area (Å²) in [5.74, 6) is 0.903. The molecule has 0 aliphatic carbocycles.